The van der Waals surface area contributed by atoms with E-state index < -0.39 is 9.84 Å². The fraction of sp³-hybridized carbons (Fsp3) is 1.00. The van der Waals surface area contributed by atoms with Gasteiger partial charge in [-0.1, -0.05) is 0 Å². The Morgan fingerprint density at radius 3 is 2.20 bits per heavy atom. The molecule has 2 atom stereocenters. The molecule has 1 aliphatic carbocycles. The highest BCUT2D eigenvalue weighted by Gasteiger charge is 2.29. The second kappa shape index (κ2) is 2.74. The fourth-order valence-corrected chi connectivity index (χ4v) is 3.00. The van der Waals surface area contributed by atoms with Gasteiger partial charge in [0.25, 0.3) is 0 Å². The summed E-state index contributed by atoms with van der Waals surface area (Å²) in [4.78, 5) is 0. The zero-order valence-electron chi connectivity index (χ0n) is 5.95. The average molecular weight is 180 g/mol. The molecule has 0 saturated heterocycles. The van der Waals surface area contributed by atoms with Gasteiger partial charge < -0.3 is 0 Å². The van der Waals surface area contributed by atoms with Gasteiger partial charge >= 0.3 is 0 Å². The second-order valence-corrected chi connectivity index (χ2v) is 5.97. The molecule has 0 bridgehead atoms. The monoisotopic (exact) mass is 180 g/mol. The van der Waals surface area contributed by atoms with Crippen molar-refractivity contribution in [2.45, 2.75) is 29.8 Å². The number of thiol groups is 1. The molecule has 10 heavy (non-hydrogen) atoms. The first-order valence-electron chi connectivity index (χ1n) is 3.37. The second-order valence-electron chi connectivity index (χ2n) is 2.92. The van der Waals surface area contributed by atoms with Crippen molar-refractivity contribution in [3.63, 3.8) is 0 Å². The molecule has 2 nitrogen and oxygen atoms in total. The summed E-state index contributed by atoms with van der Waals surface area (Å²) in [6, 6.07) is 0. The zero-order chi connectivity index (χ0) is 7.78. The smallest absolute Gasteiger partial charge is 0.150 e. The van der Waals surface area contributed by atoms with Gasteiger partial charge in [0.05, 0.1) is 5.25 Å². The van der Waals surface area contributed by atoms with Crippen molar-refractivity contribution < 1.29 is 8.42 Å². The Bertz CT molecular complexity index is 208. The van der Waals surface area contributed by atoms with Crippen LogP contribution < -0.4 is 0 Å². The lowest BCUT2D eigenvalue weighted by atomic mass is 10.4. The summed E-state index contributed by atoms with van der Waals surface area (Å²) < 4.78 is 21.9. The van der Waals surface area contributed by atoms with Crippen molar-refractivity contribution in [1.29, 1.82) is 0 Å². The standard InChI is InChI=1S/C6H12O2S2/c1-10(7,8)6-3-2-5(9)4-6/h5-6,9H,2-4H2,1H3/t5-,6-/m1/s1. The Balaban J connectivity index is 2.62. The molecule has 0 N–H and O–H groups in total. The van der Waals surface area contributed by atoms with E-state index in [-0.39, 0.29) is 5.25 Å². The molecule has 0 radical (unpaired) electrons. The lowest BCUT2D eigenvalue weighted by Gasteiger charge is -2.04. The van der Waals surface area contributed by atoms with E-state index in [0.29, 0.717) is 5.25 Å². The van der Waals surface area contributed by atoms with E-state index in [1.165, 1.54) is 6.26 Å². The van der Waals surface area contributed by atoms with Gasteiger partial charge in [0, 0.05) is 11.5 Å². The van der Waals surface area contributed by atoms with Crippen LogP contribution in [0, 0.1) is 0 Å². The summed E-state index contributed by atoms with van der Waals surface area (Å²) in [6.07, 6.45) is 3.79. The maximum absolute atomic E-state index is 10.9. The van der Waals surface area contributed by atoms with Crippen molar-refractivity contribution in [3.05, 3.63) is 0 Å². The average Bonchev–Trinajstić information content (AvgIpc) is 2.11. The maximum atomic E-state index is 10.9. The summed E-state index contributed by atoms with van der Waals surface area (Å²) in [6.45, 7) is 0. The van der Waals surface area contributed by atoms with Crippen molar-refractivity contribution in [2.75, 3.05) is 6.26 Å². The molecule has 0 unspecified atom stereocenters. The summed E-state index contributed by atoms with van der Waals surface area (Å²) in [5.74, 6) is 0. The molecule has 0 aliphatic heterocycles. The highest BCUT2D eigenvalue weighted by Crippen LogP contribution is 2.27. The van der Waals surface area contributed by atoms with Gasteiger partial charge in [-0.15, -0.1) is 0 Å². The first-order valence-corrected chi connectivity index (χ1v) is 5.84. The lowest BCUT2D eigenvalue weighted by molar-refractivity contribution is 0.586. The number of hydrogen-bond acceptors (Lipinski definition) is 3. The molecule has 0 aromatic rings. The predicted molar refractivity (Wildman–Crippen MR) is 45.3 cm³/mol. The van der Waals surface area contributed by atoms with Crippen molar-refractivity contribution in [2.24, 2.45) is 0 Å². The van der Waals surface area contributed by atoms with Crippen LogP contribution in [0.4, 0.5) is 0 Å². The summed E-state index contributed by atoms with van der Waals surface area (Å²) in [5.41, 5.74) is 0. The topological polar surface area (TPSA) is 34.1 Å². The van der Waals surface area contributed by atoms with Crippen LogP contribution >= 0.6 is 12.6 Å². The number of hydrogen-bond donors (Lipinski definition) is 1. The molecule has 0 aromatic carbocycles. The van der Waals surface area contributed by atoms with Gasteiger partial charge in [-0.05, 0) is 19.3 Å². The van der Waals surface area contributed by atoms with E-state index in [1.54, 1.807) is 0 Å². The molecule has 1 saturated carbocycles. The van der Waals surface area contributed by atoms with E-state index in [9.17, 15) is 8.42 Å². The minimum atomic E-state index is -2.78. The van der Waals surface area contributed by atoms with Gasteiger partial charge in [0.15, 0.2) is 0 Å². The molecule has 60 valence electrons. The Labute approximate surface area is 67.3 Å². The zero-order valence-corrected chi connectivity index (χ0v) is 7.66. The molecule has 0 aromatic heterocycles. The van der Waals surface area contributed by atoms with Gasteiger partial charge in [-0.25, -0.2) is 8.42 Å². The Kier molecular flexibility index (Phi) is 2.30. The van der Waals surface area contributed by atoms with Crippen LogP contribution in [0.25, 0.3) is 0 Å². The van der Waals surface area contributed by atoms with Crippen LogP contribution in [0.1, 0.15) is 19.3 Å². The molecule has 4 heteroatoms. The van der Waals surface area contributed by atoms with E-state index in [2.05, 4.69) is 12.6 Å². The lowest BCUT2D eigenvalue weighted by Crippen LogP contribution is -2.15. The van der Waals surface area contributed by atoms with Gasteiger partial charge in [0.1, 0.15) is 9.84 Å². The Hall–Kier alpha value is 0.300. The summed E-state index contributed by atoms with van der Waals surface area (Å²) >= 11 is 4.22. The normalized spacial score (nSPS) is 34.6. The molecule has 0 heterocycles. The fourth-order valence-electron chi connectivity index (χ4n) is 1.31. The third-order valence-corrected chi connectivity index (χ3v) is 4.07. The van der Waals surface area contributed by atoms with Crippen LogP contribution in [0.15, 0.2) is 0 Å². The minimum Gasteiger partial charge on any atom is -0.229 e. The highest BCUT2D eigenvalue weighted by atomic mass is 32.2. The van der Waals surface area contributed by atoms with Gasteiger partial charge in [-0.3, -0.25) is 0 Å². The van der Waals surface area contributed by atoms with Crippen LogP contribution in [0.3, 0.4) is 0 Å². The summed E-state index contributed by atoms with van der Waals surface area (Å²) in [5, 5.41) is 0.190. The van der Waals surface area contributed by atoms with Crippen LogP contribution in [0.2, 0.25) is 0 Å². The third kappa shape index (κ3) is 1.89. The first kappa shape index (κ1) is 8.40. The van der Waals surface area contributed by atoms with Gasteiger partial charge in [-0.2, -0.15) is 12.6 Å². The summed E-state index contributed by atoms with van der Waals surface area (Å²) in [7, 11) is -2.78. The molecular weight excluding hydrogens is 168 g/mol. The molecule has 0 amide bonds. The number of rotatable bonds is 1. The first-order chi connectivity index (χ1) is 4.50. The molecule has 1 rings (SSSR count). The number of sulfone groups is 1. The molecule has 1 fully saturated rings. The van der Waals surface area contributed by atoms with Gasteiger partial charge in [0.2, 0.25) is 0 Å². The quantitative estimate of drug-likeness (QED) is 0.608. The maximum Gasteiger partial charge on any atom is 0.150 e. The SMILES string of the molecule is CS(=O)(=O)[C@@H]1CC[C@@H](S)C1. The van der Waals surface area contributed by atoms with E-state index in [1.807, 2.05) is 0 Å². The minimum absolute atomic E-state index is 0.116. The Morgan fingerprint density at radius 2 is 2.00 bits per heavy atom. The van der Waals surface area contributed by atoms with Crippen molar-refractivity contribution >= 4 is 22.5 Å². The predicted octanol–water partition coefficient (Wildman–Crippen LogP) is 0.882. The van der Waals surface area contributed by atoms with E-state index in [4.69, 9.17) is 0 Å². The Morgan fingerprint density at radius 1 is 1.40 bits per heavy atom. The van der Waals surface area contributed by atoms with Crippen LogP contribution in [0.5, 0.6) is 0 Å². The van der Waals surface area contributed by atoms with Crippen LogP contribution in [-0.2, 0) is 9.84 Å². The van der Waals surface area contributed by atoms with E-state index >= 15 is 0 Å². The third-order valence-electron chi connectivity index (χ3n) is 1.96. The van der Waals surface area contributed by atoms with E-state index in [0.717, 1.165) is 19.3 Å². The molecule has 0 spiro atoms. The largest absolute Gasteiger partial charge is 0.229 e. The molecule has 1 aliphatic rings. The van der Waals surface area contributed by atoms with Crippen molar-refractivity contribution in [3.8, 4) is 0 Å². The van der Waals surface area contributed by atoms with Crippen molar-refractivity contribution in [1.82, 2.24) is 0 Å². The molecular formula is C6H12O2S2. The van der Waals surface area contributed by atoms with Crippen LogP contribution in [-0.4, -0.2) is 25.2 Å². The highest BCUT2D eigenvalue weighted by molar-refractivity contribution is 7.91.